The summed E-state index contributed by atoms with van der Waals surface area (Å²) < 4.78 is 4.59. The molecule has 0 radical (unpaired) electrons. The SMILES string of the molecule is COC(=O)C=Cc1ccc(CN2CCC3(CC2)NC(=O)N(CC2CC2)C3=O)cc1. The zero-order chi connectivity index (χ0) is 20.4. The molecule has 29 heavy (non-hydrogen) atoms. The molecule has 1 N–H and O–H groups in total. The lowest BCUT2D eigenvalue weighted by molar-refractivity contribution is -0.135. The molecule has 1 aliphatic carbocycles. The molecule has 1 saturated carbocycles. The van der Waals surface area contributed by atoms with Crippen molar-refractivity contribution in [2.45, 2.75) is 37.8 Å². The second kappa shape index (κ2) is 7.99. The van der Waals surface area contributed by atoms with Gasteiger partial charge in [-0.05, 0) is 48.8 Å². The van der Waals surface area contributed by atoms with E-state index in [4.69, 9.17) is 0 Å². The minimum Gasteiger partial charge on any atom is -0.466 e. The fourth-order valence-electron chi connectivity index (χ4n) is 4.06. The second-order valence-corrected chi connectivity index (χ2v) is 8.25. The fraction of sp³-hybridized carbons (Fsp3) is 0.500. The number of urea groups is 1. The number of benzene rings is 1. The van der Waals surface area contributed by atoms with E-state index in [-0.39, 0.29) is 17.9 Å². The molecule has 1 aromatic carbocycles. The summed E-state index contributed by atoms with van der Waals surface area (Å²) in [6.07, 6.45) is 6.67. The molecule has 2 saturated heterocycles. The average molecular weight is 397 g/mol. The average Bonchev–Trinajstić information content (AvgIpc) is 3.53. The number of imide groups is 1. The predicted molar refractivity (Wildman–Crippen MR) is 108 cm³/mol. The summed E-state index contributed by atoms with van der Waals surface area (Å²) in [5, 5.41) is 2.99. The number of likely N-dealkylation sites (tertiary alicyclic amines) is 1. The zero-order valence-corrected chi connectivity index (χ0v) is 16.7. The molecule has 0 aromatic heterocycles. The first-order chi connectivity index (χ1) is 14.0. The molecule has 2 heterocycles. The Balaban J connectivity index is 1.31. The van der Waals surface area contributed by atoms with Crippen molar-refractivity contribution in [3.05, 3.63) is 41.5 Å². The summed E-state index contributed by atoms with van der Waals surface area (Å²) >= 11 is 0. The summed E-state index contributed by atoms with van der Waals surface area (Å²) in [6, 6.07) is 7.81. The molecule has 0 atom stereocenters. The Morgan fingerprint density at radius 1 is 1.21 bits per heavy atom. The van der Waals surface area contributed by atoms with E-state index in [1.54, 1.807) is 6.08 Å². The van der Waals surface area contributed by atoms with Gasteiger partial charge in [-0.2, -0.15) is 0 Å². The lowest BCUT2D eigenvalue weighted by Crippen LogP contribution is -2.54. The maximum Gasteiger partial charge on any atom is 0.330 e. The Morgan fingerprint density at radius 2 is 1.90 bits per heavy atom. The number of hydrogen-bond donors (Lipinski definition) is 1. The highest BCUT2D eigenvalue weighted by Crippen LogP contribution is 2.35. The van der Waals surface area contributed by atoms with E-state index in [1.165, 1.54) is 23.6 Å². The van der Waals surface area contributed by atoms with E-state index in [0.29, 0.717) is 25.3 Å². The summed E-state index contributed by atoms with van der Waals surface area (Å²) in [4.78, 5) is 40.1. The summed E-state index contributed by atoms with van der Waals surface area (Å²) in [5.41, 5.74) is 1.41. The molecule has 154 valence electrons. The van der Waals surface area contributed by atoms with Crippen LogP contribution in [0.25, 0.3) is 6.08 Å². The first-order valence-corrected chi connectivity index (χ1v) is 10.2. The summed E-state index contributed by atoms with van der Waals surface area (Å²) in [6.45, 7) is 2.92. The maximum absolute atomic E-state index is 12.9. The molecule has 3 aliphatic rings. The van der Waals surface area contributed by atoms with Gasteiger partial charge in [-0.1, -0.05) is 24.3 Å². The van der Waals surface area contributed by atoms with Crippen molar-refractivity contribution in [2.24, 2.45) is 5.92 Å². The molecule has 1 spiro atoms. The molecule has 7 heteroatoms. The number of carbonyl (C=O) groups excluding carboxylic acids is 3. The minimum absolute atomic E-state index is 0.0317. The van der Waals surface area contributed by atoms with E-state index >= 15 is 0 Å². The molecule has 4 rings (SSSR count). The van der Waals surface area contributed by atoms with Crippen molar-refractivity contribution in [3.63, 3.8) is 0 Å². The standard InChI is InChI=1S/C22H27N3O4/c1-29-19(26)9-8-16-2-4-17(5-3-16)14-24-12-10-22(11-13-24)20(27)25(21(28)23-22)15-18-6-7-18/h2-5,8-9,18H,6-7,10-15H2,1H3,(H,23,28). The lowest BCUT2D eigenvalue weighted by atomic mass is 9.87. The molecule has 3 amide bonds. The van der Waals surface area contributed by atoms with Crippen molar-refractivity contribution < 1.29 is 19.1 Å². The first-order valence-electron chi connectivity index (χ1n) is 10.2. The number of piperidine rings is 1. The highest BCUT2D eigenvalue weighted by Gasteiger charge is 2.52. The van der Waals surface area contributed by atoms with Gasteiger partial charge in [-0.15, -0.1) is 0 Å². The topological polar surface area (TPSA) is 79.0 Å². The number of nitrogens with zero attached hydrogens (tertiary/aromatic N) is 2. The van der Waals surface area contributed by atoms with Gasteiger partial charge in [0.15, 0.2) is 0 Å². The Kier molecular flexibility index (Phi) is 5.41. The monoisotopic (exact) mass is 397 g/mol. The first kappa shape index (κ1) is 19.6. The van der Waals surface area contributed by atoms with Crippen LogP contribution in [-0.2, 0) is 20.9 Å². The van der Waals surface area contributed by atoms with Crippen molar-refractivity contribution >= 4 is 24.0 Å². The van der Waals surface area contributed by atoms with Gasteiger partial charge in [0, 0.05) is 32.3 Å². The normalized spacial score (nSPS) is 21.8. The van der Waals surface area contributed by atoms with Crippen LogP contribution in [0, 0.1) is 5.92 Å². The summed E-state index contributed by atoms with van der Waals surface area (Å²) in [7, 11) is 1.35. The maximum atomic E-state index is 12.9. The van der Waals surface area contributed by atoms with E-state index in [2.05, 4.69) is 15.0 Å². The van der Waals surface area contributed by atoms with Gasteiger partial charge in [0.1, 0.15) is 5.54 Å². The number of esters is 1. The third-order valence-corrected chi connectivity index (χ3v) is 6.09. The van der Waals surface area contributed by atoms with Crippen LogP contribution in [0.2, 0.25) is 0 Å². The van der Waals surface area contributed by atoms with Crippen LogP contribution >= 0.6 is 0 Å². The van der Waals surface area contributed by atoms with E-state index < -0.39 is 5.54 Å². The number of rotatable bonds is 6. The molecule has 2 aliphatic heterocycles. The lowest BCUT2D eigenvalue weighted by Gasteiger charge is -2.37. The van der Waals surface area contributed by atoms with Crippen LogP contribution < -0.4 is 5.32 Å². The molecule has 3 fully saturated rings. The Labute approximate surface area is 170 Å². The van der Waals surface area contributed by atoms with Crippen LogP contribution in [0.4, 0.5) is 4.79 Å². The Hall–Kier alpha value is -2.67. The van der Waals surface area contributed by atoms with Gasteiger partial charge >= 0.3 is 12.0 Å². The van der Waals surface area contributed by atoms with Gasteiger partial charge in [0.05, 0.1) is 7.11 Å². The van der Waals surface area contributed by atoms with Crippen molar-refractivity contribution in [1.29, 1.82) is 0 Å². The van der Waals surface area contributed by atoms with Crippen LogP contribution in [0.1, 0.15) is 36.8 Å². The van der Waals surface area contributed by atoms with Crippen molar-refractivity contribution in [2.75, 3.05) is 26.7 Å². The van der Waals surface area contributed by atoms with Gasteiger partial charge in [-0.3, -0.25) is 14.6 Å². The Morgan fingerprint density at radius 3 is 2.52 bits per heavy atom. The number of amides is 3. The number of hydrogen-bond acceptors (Lipinski definition) is 5. The largest absolute Gasteiger partial charge is 0.466 e. The van der Waals surface area contributed by atoms with Crippen LogP contribution in [0.3, 0.4) is 0 Å². The van der Waals surface area contributed by atoms with Gasteiger partial charge in [-0.25, -0.2) is 9.59 Å². The van der Waals surface area contributed by atoms with Crippen LogP contribution in [0.15, 0.2) is 30.3 Å². The number of ether oxygens (including phenoxy) is 1. The quantitative estimate of drug-likeness (QED) is 0.452. The smallest absolute Gasteiger partial charge is 0.330 e. The van der Waals surface area contributed by atoms with Gasteiger partial charge in [0.25, 0.3) is 5.91 Å². The zero-order valence-electron chi connectivity index (χ0n) is 16.7. The minimum atomic E-state index is -0.703. The van der Waals surface area contributed by atoms with Gasteiger partial charge in [0.2, 0.25) is 0 Å². The predicted octanol–water partition coefficient (Wildman–Crippen LogP) is 2.17. The van der Waals surface area contributed by atoms with E-state index in [0.717, 1.165) is 38.0 Å². The highest BCUT2D eigenvalue weighted by molar-refractivity contribution is 6.07. The Bertz CT molecular complexity index is 821. The number of nitrogens with one attached hydrogen (secondary N) is 1. The molecule has 0 bridgehead atoms. The molecule has 0 unspecified atom stereocenters. The van der Waals surface area contributed by atoms with E-state index in [9.17, 15) is 14.4 Å². The number of methoxy groups -OCH3 is 1. The fourth-order valence-corrected chi connectivity index (χ4v) is 4.06. The molecule has 1 aromatic rings. The van der Waals surface area contributed by atoms with Crippen LogP contribution in [0.5, 0.6) is 0 Å². The second-order valence-electron chi connectivity index (χ2n) is 8.25. The summed E-state index contributed by atoms with van der Waals surface area (Å²) in [5.74, 6) is 0.0988. The van der Waals surface area contributed by atoms with E-state index in [1.807, 2.05) is 24.3 Å². The third kappa shape index (κ3) is 4.34. The van der Waals surface area contributed by atoms with Crippen molar-refractivity contribution in [3.8, 4) is 0 Å². The number of carbonyl (C=O) groups is 3. The third-order valence-electron chi connectivity index (χ3n) is 6.09. The molecular weight excluding hydrogens is 370 g/mol. The van der Waals surface area contributed by atoms with Gasteiger partial charge < -0.3 is 10.1 Å². The molecular formula is C22H27N3O4. The molecule has 7 nitrogen and oxygen atoms in total. The van der Waals surface area contributed by atoms with Crippen molar-refractivity contribution in [1.82, 2.24) is 15.1 Å². The van der Waals surface area contributed by atoms with Crippen LogP contribution in [-0.4, -0.2) is 60.0 Å². The highest BCUT2D eigenvalue weighted by atomic mass is 16.5.